The number of carboxylic acids is 1. The van der Waals surface area contributed by atoms with Gasteiger partial charge in [-0.2, -0.15) is 0 Å². The van der Waals surface area contributed by atoms with Crippen LogP contribution >= 0.6 is 0 Å². The van der Waals surface area contributed by atoms with E-state index in [-0.39, 0.29) is 0 Å². The fraction of sp³-hybridized carbons (Fsp3) is 0.348. The van der Waals surface area contributed by atoms with Gasteiger partial charge in [0.2, 0.25) is 0 Å². The number of aromatic nitrogens is 1. The van der Waals surface area contributed by atoms with Crippen LogP contribution in [0.4, 0.5) is 5.69 Å². The van der Waals surface area contributed by atoms with Crippen molar-refractivity contribution in [3.8, 4) is 0 Å². The van der Waals surface area contributed by atoms with Crippen LogP contribution in [0.25, 0.3) is 10.9 Å². The van der Waals surface area contributed by atoms with E-state index >= 15 is 0 Å². The highest BCUT2D eigenvalue weighted by Crippen LogP contribution is 2.22. The largest absolute Gasteiger partial charge is 0.478 e. The van der Waals surface area contributed by atoms with E-state index in [0.717, 1.165) is 62.9 Å². The second-order valence-corrected chi connectivity index (χ2v) is 7.50. The van der Waals surface area contributed by atoms with Crippen LogP contribution < -0.4 is 4.90 Å². The first-order valence-corrected chi connectivity index (χ1v) is 10.1. The highest BCUT2D eigenvalue weighted by Gasteiger charge is 2.16. The molecule has 0 atom stereocenters. The first-order chi connectivity index (χ1) is 13.7. The molecule has 0 radical (unpaired) electrons. The molecule has 2 N–H and O–H groups in total. The number of fused-ring (bicyclic) bond motifs is 1. The maximum absolute atomic E-state index is 11.2. The fourth-order valence-corrected chi connectivity index (χ4v) is 4.04. The average molecular weight is 377 g/mol. The van der Waals surface area contributed by atoms with Crippen LogP contribution in [-0.4, -0.2) is 53.7 Å². The number of para-hydroxylation sites is 1. The number of carboxylic acid groups (broad SMARTS) is 1. The van der Waals surface area contributed by atoms with Crippen LogP contribution in [0.15, 0.2) is 54.7 Å². The third kappa shape index (κ3) is 4.20. The molecule has 0 bridgehead atoms. The zero-order chi connectivity index (χ0) is 19.3. The molecule has 4 rings (SSSR count). The molecule has 1 aliphatic rings. The Morgan fingerprint density at radius 1 is 1.00 bits per heavy atom. The number of rotatable bonds is 7. The number of unbranched alkanes of at least 4 members (excludes halogenated alkanes) is 1. The van der Waals surface area contributed by atoms with E-state index in [1.54, 1.807) is 12.1 Å². The minimum atomic E-state index is -0.872. The summed E-state index contributed by atoms with van der Waals surface area (Å²) in [6.07, 6.45) is 5.28. The van der Waals surface area contributed by atoms with Crippen molar-refractivity contribution in [3.63, 3.8) is 0 Å². The van der Waals surface area contributed by atoms with Crippen molar-refractivity contribution in [1.29, 1.82) is 0 Å². The van der Waals surface area contributed by atoms with Crippen molar-refractivity contribution in [1.82, 2.24) is 9.88 Å². The Hall–Kier alpha value is -2.79. The van der Waals surface area contributed by atoms with Gasteiger partial charge in [-0.25, -0.2) is 4.79 Å². The number of piperazine rings is 1. The molecule has 1 fully saturated rings. The number of nitrogens with one attached hydrogen (secondary N) is 1. The van der Waals surface area contributed by atoms with E-state index in [1.807, 2.05) is 12.3 Å². The Morgan fingerprint density at radius 2 is 1.79 bits per heavy atom. The van der Waals surface area contributed by atoms with Crippen LogP contribution in [0, 0.1) is 0 Å². The van der Waals surface area contributed by atoms with Crippen LogP contribution in [0.1, 0.15) is 28.8 Å². The number of nitrogens with zero attached hydrogens (tertiary/aromatic N) is 2. The molecule has 1 aromatic heterocycles. The molecule has 5 nitrogen and oxygen atoms in total. The first-order valence-electron chi connectivity index (χ1n) is 10.1. The SMILES string of the molecule is O=C(O)c1ccc2[nH]cc(CCCCN3CCN(c4ccccc4)CC3)c2c1. The predicted octanol–water partition coefficient (Wildman–Crippen LogP) is 4.01. The lowest BCUT2D eigenvalue weighted by Gasteiger charge is -2.36. The van der Waals surface area contributed by atoms with E-state index in [1.165, 1.54) is 11.3 Å². The van der Waals surface area contributed by atoms with Gasteiger partial charge in [0.25, 0.3) is 0 Å². The number of aromatic amines is 1. The van der Waals surface area contributed by atoms with Gasteiger partial charge in [0.1, 0.15) is 0 Å². The molecule has 0 saturated carbocycles. The molecule has 5 heteroatoms. The van der Waals surface area contributed by atoms with Crippen molar-refractivity contribution < 1.29 is 9.90 Å². The van der Waals surface area contributed by atoms with Crippen LogP contribution in [0.2, 0.25) is 0 Å². The number of anilines is 1. The summed E-state index contributed by atoms with van der Waals surface area (Å²) in [6.45, 7) is 5.54. The van der Waals surface area contributed by atoms with Gasteiger partial charge >= 0.3 is 5.97 Å². The summed E-state index contributed by atoms with van der Waals surface area (Å²) in [7, 11) is 0. The summed E-state index contributed by atoms with van der Waals surface area (Å²) in [6, 6.07) is 15.9. The minimum absolute atomic E-state index is 0.352. The number of H-pyrrole nitrogens is 1. The first kappa shape index (κ1) is 18.6. The van der Waals surface area contributed by atoms with Gasteiger partial charge < -0.3 is 15.0 Å². The fourth-order valence-electron chi connectivity index (χ4n) is 4.04. The van der Waals surface area contributed by atoms with Crippen LogP contribution in [0.3, 0.4) is 0 Å². The molecule has 2 heterocycles. The molecule has 0 aliphatic carbocycles. The van der Waals surface area contributed by atoms with Gasteiger partial charge in [-0.1, -0.05) is 18.2 Å². The Kier molecular flexibility index (Phi) is 5.63. The third-order valence-electron chi connectivity index (χ3n) is 5.68. The second-order valence-electron chi connectivity index (χ2n) is 7.50. The van der Waals surface area contributed by atoms with Gasteiger partial charge in [0.05, 0.1) is 5.56 Å². The lowest BCUT2D eigenvalue weighted by atomic mass is 10.0. The highest BCUT2D eigenvalue weighted by molar-refractivity contribution is 5.94. The molecule has 146 valence electrons. The molecule has 0 spiro atoms. The number of aromatic carboxylic acids is 1. The number of hydrogen-bond acceptors (Lipinski definition) is 3. The second kappa shape index (κ2) is 8.48. The van der Waals surface area contributed by atoms with E-state index < -0.39 is 5.97 Å². The van der Waals surface area contributed by atoms with Gasteiger partial charge in [-0.3, -0.25) is 4.90 Å². The number of aryl methyl sites for hydroxylation is 1. The number of benzene rings is 2. The summed E-state index contributed by atoms with van der Waals surface area (Å²) in [5, 5.41) is 10.2. The molecule has 28 heavy (non-hydrogen) atoms. The van der Waals surface area contributed by atoms with E-state index in [2.05, 4.69) is 45.1 Å². The Balaban J connectivity index is 1.24. The highest BCUT2D eigenvalue weighted by atomic mass is 16.4. The molecular formula is C23H27N3O2. The summed E-state index contributed by atoms with van der Waals surface area (Å²) < 4.78 is 0. The van der Waals surface area contributed by atoms with Crippen molar-refractivity contribution in [2.45, 2.75) is 19.3 Å². The maximum atomic E-state index is 11.2. The number of hydrogen-bond donors (Lipinski definition) is 2. The standard InChI is InChI=1S/C23H27N3O2/c27-23(28)18-9-10-22-21(16-18)19(17-24-22)6-4-5-11-25-12-14-26(15-13-25)20-7-2-1-3-8-20/h1-3,7-10,16-17,24H,4-6,11-15H2,(H,27,28). The Bertz CT molecular complexity index is 927. The van der Waals surface area contributed by atoms with Gasteiger partial charge in [0.15, 0.2) is 0 Å². The molecule has 1 aliphatic heterocycles. The van der Waals surface area contributed by atoms with Gasteiger partial charge in [-0.15, -0.1) is 0 Å². The van der Waals surface area contributed by atoms with Gasteiger partial charge in [-0.05, 0) is 61.7 Å². The van der Waals surface area contributed by atoms with Crippen LogP contribution in [-0.2, 0) is 6.42 Å². The topological polar surface area (TPSA) is 59.6 Å². The third-order valence-corrected chi connectivity index (χ3v) is 5.68. The summed E-state index contributed by atoms with van der Waals surface area (Å²) >= 11 is 0. The molecule has 1 saturated heterocycles. The molecule has 0 unspecified atom stereocenters. The molecule has 2 aromatic carbocycles. The van der Waals surface area contributed by atoms with Crippen molar-refractivity contribution in [3.05, 3.63) is 65.9 Å². The zero-order valence-electron chi connectivity index (χ0n) is 16.1. The minimum Gasteiger partial charge on any atom is -0.478 e. The van der Waals surface area contributed by atoms with Crippen molar-refractivity contribution in [2.24, 2.45) is 0 Å². The Morgan fingerprint density at radius 3 is 2.54 bits per heavy atom. The van der Waals surface area contributed by atoms with Gasteiger partial charge in [0, 0.05) is 49.0 Å². The summed E-state index contributed by atoms with van der Waals surface area (Å²) in [5.74, 6) is -0.872. The lowest BCUT2D eigenvalue weighted by molar-refractivity contribution is 0.0697. The summed E-state index contributed by atoms with van der Waals surface area (Å²) in [5.41, 5.74) is 3.90. The zero-order valence-corrected chi connectivity index (χ0v) is 16.1. The van der Waals surface area contributed by atoms with E-state index in [0.29, 0.717) is 5.56 Å². The average Bonchev–Trinajstić information content (AvgIpc) is 3.14. The normalized spacial score (nSPS) is 15.2. The van der Waals surface area contributed by atoms with Crippen molar-refractivity contribution >= 4 is 22.6 Å². The predicted molar refractivity (Wildman–Crippen MR) is 113 cm³/mol. The van der Waals surface area contributed by atoms with E-state index in [4.69, 9.17) is 0 Å². The smallest absolute Gasteiger partial charge is 0.335 e. The Labute approximate surface area is 165 Å². The molecular weight excluding hydrogens is 350 g/mol. The summed E-state index contributed by atoms with van der Waals surface area (Å²) in [4.78, 5) is 19.5. The number of carbonyl (C=O) groups is 1. The quantitative estimate of drug-likeness (QED) is 0.611. The van der Waals surface area contributed by atoms with Crippen molar-refractivity contribution in [2.75, 3.05) is 37.6 Å². The van der Waals surface area contributed by atoms with Crippen LogP contribution in [0.5, 0.6) is 0 Å². The maximum Gasteiger partial charge on any atom is 0.335 e. The van der Waals surface area contributed by atoms with E-state index in [9.17, 15) is 9.90 Å². The lowest BCUT2D eigenvalue weighted by Crippen LogP contribution is -2.46. The monoisotopic (exact) mass is 377 g/mol. The molecule has 3 aromatic rings. The molecule has 0 amide bonds.